The Morgan fingerprint density at radius 3 is 2.52 bits per heavy atom. The van der Waals surface area contributed by atoms with Gasteiger partial charge < -0.3 is 15.0 Å². The van der Waals surface area contributed by atoms with Crippen molar-refractivity contribution in [3.63, 3.8) is 0 Å². The van der Waals surface area contributed by atoms with Crippen molar-refractivity contribution in [3.8, 4) is 5.75 Å². The number of piperidine rings is 1. The molecule has 0 radical (unpaired) electrons. The van der Waals surface area contributed by atoms with Gasteiger partial charge in [-0.25, -0.2) is 9.18 Å². The fraction of sp³-hybridized carbons (Fsp3) is 0.316. The first-order valence-electron chi connectivity index (χ1n) is 8.51. The molecule has 4 nitrogen and oxygen atoms in total. The van der Waals surface area contributed by atoms with E-state index in [-0.39, 0.29) is 17.2 Å². The van der Waals surface area contributed by atoms with Crippen LogP contribution in [0.5, 0.6) is 5.75 Å². The van der Waals surface area contributed by atoms with Crippen LogP contribution < -0.4 is 10.1 Å². The fourth-order valence-electron chi connectivity index (χ4n) is 2.87. The topological polar surface area (TPSA) is 41.6 Å². The van der Waals surface area contributed by atoms with Crippen LogP contribution in [-0.2, 0) is 6.54 Å². The van der Waals surface area contributed by atoms with Crippen LogP contribution in [0.15, 0.2) is 36.4 Å². The van der Waals surface area contributed by atoms with E-state index in [1.54, 1.807) is 23.1 Å². The van der Waals surface area contributed by atoms with Crippen molar-refractivity contribution in [2.45, 2.75) is 25.5 Å². The van der Waals surface area contributed by atoms with Crippen molar-refractivity contribution in [1.82, 2.24) is 10.2 Å². The van der Waals surface area contributed by atoms with Crippen LogP contribution in [0.25, 0.3) is 0 Å². The normalized spacial score (nSPS) is 14.9. The van der Waals surface area contributed by atoms with E-state index < -0.39 is 5.82 Å². The minimum Gasteiger partial charge on any atom is -0.489 e. The standard InChI is InChI=1S/C19H18Cl3FN2O2/c20-13-2-1-12(16(21)9-13)11-24-19(26)25-7-5-15(6-8-25)27-18-4-3-14(23)10-17(18)22/h1-4,9-10,15H,5-8,11H2,(H,24,26). The molecule has 0 saturated carbocycles. The first kappa shape index (κ1) is 20.1. The Hall–Kier alpha value is -1.69. The summed E-state index contributed by atoms with van der Waals surface area (Å²) < 4.78 is 18.9. The average Bonchev–Trinajstić information content (AvgIpc) is 2.64. The first-order chi connectivity index (χ1) is 12.9. The number of halogens is 4. The zero-order valence-electron chi connectivity index (χ0n) is 14.4. The van der Waals surface area contributed by atoms with Crippen molar-refractivity contribution in [2.24, 2.45) is 0 Å². The highest BCUT2D eigenvalue weighted by Gasteiger charge is 2.24. The monoisotopic (exact) mass is 430 g/mol. The Kier molecular flexibility index (Phi) is 6.68. The van der Waals surface area contributed by atoms with Crippen LogP contribution in [0, 0.1) is 5.82 Å². The predicted molar refractivity (Wildman–Crippen MR) is 105 cm³/mol. The highest BCUT2D eigenvalue weighted by atomic mass is 35.5. The van der Waals surface area contributed by atoms with Crippen molar-refractivity contribution in [3.05, 3.63) is 62.8 Å². The smallest absolute Gasteiger partial charge is 0.317 e. The van der Waals surface area contributed by atoms with Crippen molar-refractivity contribution in [2.75, 3.05) is 13.1 Å². The molecule has 1 N–H and O–H groups in total. The lowest BCUT2D eigenvalue weighted by Crippen LogP contribution is -2.46. The van der Waals surface area contributed by atoms with Gasteiger partial charge >= 0.3 is 6.03 Å². The van der Waals surface area contributed by atoms with Crippen LogP contribution in [0.2, 0.25) is 15.1 Å². The SMILES string of the molecule is O=C(NCc1ccc(Cl)cc1Cl)N1CCC(Oc2ccc(F)cc2Cl)CC1. The third kappa shape index (κ3) is 5.41. The third-order valence-corrected chi connectivity index (χ3v) is 5.24. The lowest BCUT2D eigenvalue weighted by atomic mass is 10.1. The summed E-state index contributed by atoms with van der Waals surface area (Å²) in [5, 5.41) is 4.18. The average molecular weight is 432 g/mol. The number of hydrogen-bond acceptors (Lipinski definition) is 2. The second-order valence-corrected chi connectivity index (χ2v) is 7.52. The maximum atomic E-state index is 13.1. The van der Waals surface area contributed by atoms with Crippen LogP contribution in [0.4, 0.5) is 9.18 Å². The molecule has 8 heteroatoms. The number of likely N-dealkylation sites (tertiary alicyclic amines) is 1. The summed E-state index contributed by atoms with van der Waals surface area (Å²) >= 11 is 18.0. The molecule has 1 heterocycles. The van der Waals surface area contributed by atoms with Gasteiger partial charge in [0.25, 0.3) is 0 Å². The van der Waals surface area contributed by atoms with Gasteiger partial charge in [-0.05, 0) is 35.9 Å². The Labute approximate surface area is 172 Å². The molecule has 144 valence electrons. The number of carbonyl (C=O) groups is 1. The molecule has 27 heavy (non-hydrogen) atoms. The van der Waals surface area contributed by atoms with Gasteiger partial charge in [0.05, 0.1) is 5.02 Å². The number of amides is 2. The van der Waals surface area contributed by atoms with Gasteiger partial charge in [0.15, 0.2) is 0 Å². The Morgan fingerprint density at radius 2 is 1.85 bits per heavy atom. The van der Waals surface area contributed by atoms with E-state index >= 15 is 0 Å². The predicted octanol–water partition coefficient (Wildman–Crippen LogP) is 5.54. The van der Waals surface area contributed by atoms with Crippen LogP contribution >= 0.6 is 34.8 Å². The number of benzene rings is 2. The van der Waals surface area contributed by atoms with E-state index in [9.17, 15) is 9.18 Å². The van der Waals surface area contributed by atoms with Crippen LogP contribution in [0.1, 0.15) is 18.4 Å². The molecule has 0 aliphatic carbocycles. The summed E-state index contributed by atoms with van der Waals surface area (Å²) in [7, 11) is 0. The van der Waals surface area contributed by atoms with Gasteiger partial charge in [-0.1, -0.05) is 40.9 Å². The number of nitrogens with zero attached hydrogens (tertiary/aromatic N) is 1. The Morgan fingerprint density at radius 1 is 1.11 bits per heavy atom. The maximum absolute atomic E-state index is 13.1. The van der Waals surface area contributed by atoms with Crippen molar-refractivity contribution < 1.29 is 13.9 Å². The third-order valence-electron chi connectivity index (χ3n) is 4.36. The molecule has 2 aromatic carbocycles. The van der Waals surface area contributed by atoms with E-state index in [1.165, 1.54) is 18.2 Å². The van der Waals surface area contributed by atoms with Gasteiger partial charge in [0.2, 0.25) is 0 Å². The molecule has 3 rings (SSSR count). The molecule has 0 atom stereocenters. The highest BCUT2D eigenvalue weighted by Crippen LogP contribution is 2.28. The summed E-state index contributed by atoms with van der Waals surface area (Å²) in [6.07, 6.45) is 1.27. The molecule has 0 unspecified atom stereocenters. The molecular formula is C19H18Cl3FN2O2. The van der Waals surface area contributed by atoms with E-state index in [2.05, 4.69) is 5.32 Å². The molecule has 2 aromatic rings. The number of urea groups is 1. The van der Waals surface area contributed by atoms with Crippen LogP contribution in [0.3, 0.4) is 0 Å². The fourth-order valence-corrected chi connectivity index (χ4v) is 3.56. The summed E-state index contributed by atoms with van der Waals surface area (Å²) in [6, 6.07) is 9.07. The molecule has 0 spiro atoms. The molecule has 0 bridgehead atoms. The molecule has 1 saturated heterocycles. The molecule has 1 fully saturated rings. The second-order valence-electron chi connectivity index (χ2n) is 6.27. The summed E-state index contributed by atoms with van der Waals surface area (Å²) in [5.74, 6) is 0.0537. The van der Waals surface area contributed by atoms with Crippen molar-refractivity contribution in [1.29, 1.82) is 0 Å². The number of nitrogens with one attached hydrogen (secondary N) is 1. The van der Waals surface area contributed by atoms with Crippen LogP contribution in [-0.4, -0.2) is 30.1 Å². The largest absolute Gasteiger partial charge is 0.489 e. The molecule has 1 aliphatic heterocycles. The number of rotatable bonds is 4. The lowest BCUT2D eigenvalue weighted by Gasteiger charge is -2.32. The zero-order valence-corrected chi connectivity index (χ0v) is 16.6. The van der Waals surface area contributed by atoms with E-state index in [0.717, 1.165) is 5.56 Å². The van der Waals surface area contributed by atoms with Gasteiger partial charge in [0, 0.05) is 42.5 Å². The molecular weight excluding hydrogens is 414 g/mol. The van der Waals surface area contributed by atoms with Crippen molar-refractivity contribution >= 4 is 40.8 Å². The van der Waals surface area contributed by atoms with E-state index in [1.807, 2.05) is 0 Å². The first-order valence-corrected chi connectivity index (χ1v) is 9.64. The maximum Gasteiger partial charge on any atom is 0.317 e. The zero-order chi connectivity index (χ0) is 19.4. The number of hydrogen-bond donors (Lipinski definition) is 1. The van der Waals surface area contributed by atoms with Gasteiger partial charge in [-0.15, -0.1) is 0 Å². The summed E-state index contributed by atoms with van der Waals surface area (Å²) in [4.78, 5) is 14.1. The summed E-state index contributed by atoms with van der Waals surface area (Å²) in [6.45, 7) is 1.45. The highest BCUT2D eigenvalue weighted by molar-refractivity contribution is 6.35. The van der Waals surface area contributed by atoms with E-state index in [0.29, 0.717) is 48.3 Å². The Balaban J connectivity index is 1.47. The van der Waals surface area contributed by atoms with Gasteiger partial charge in [-0.3, -0.25) is 0 Å². The Bertz CT molecular complexity index is 827. The minimum atomic E-state index is -0.403. The lowest BCUT2D eigenvalue weighted by molar-refractivity contribution is 0.111. The van der Waals surface area contributed by atoms with E-state index in [4.69, 9.17) is 39.5 Å². The molecule has 1 aliphatic rings. The second kappa shape index (κ2) is 9.00. The molecule has 2 amide bonds. The minimum absolute atomic E-state index is 0.0669. The number of ether oxygens (including phenoxy) is 1. The molecule has 0 aromatic heterocycles. The quantitative estimate of drug-likeness (QED) is 0.690. The summed E-state index contributed by atoms with van der Waals surface area (Å²) in [5.41, 5.74) is 0.804. The number of carbonyl (C=O) groups excluding carboxylic acids is 1. The van der Waals surface area contributed by atoms with Gasteiger partial charge in [-0.2, -0.15) is 0 Å². The van der Waals surface area contributed by atoms with Gasteiger partial charge in [0.1, 0.15) is 17.7 Å².